The van der Waals surface area contributed by atoms with Crippen molar-refractivity contribution in [2.45, 2.75) is 39.2 Å². The van der Waals surface area contributed by atoms with E-state index in [1.165, 1.54) is 0 Å². The van der Waals surface area contributed by atoms with Gasteiger partial charge in [0.2, 0.25) is 0 Å². The monoisotopic (exact) mass is 422 g/mol. The molecule has 1 aromatic heterocycles. The van der Waals surface area contributed by atoms with Crippen LogP contribution in [0.2, 0.25) is 0 Å². The van der Waals surface area contributed by atoms with Crippen LogP contribution in [0.5, 0.6) is 0 Å². The summed E-state index contributed by atoms with van der Waals surface area (Å²) in [6.07, 6.45) is 4.34. The van der Waals surface area contributed by atoms with Crippen LogP contribution in [-0.4, -0.2) is 23.0 Å². The maximum absolute atomic E-state index is 14.6. The smallest absolute Gasteiger partial charge is 0.309 e. The van der Waals surface area contributed by atoms with Crippen molar-refractivity contribution in [2.24, 2.45) is 23.7 Å². The van der Waals surface area contributed by atoms with E-state index < -0.39 is 36.1 Å². The lowest BCUT2D eigenvalue weighted by atomic mass is 9.64. The van der Waals surface area contributed by atoms with Crippen LogP contribution in [0.3, 0.4) is 0 Å². The fraction of sp³-hybridized carbons (Fsp3) is 0.400. The first kappa shape index (κ1) is 21.2. The van der Waals surface area contributed by atoms with Crippen molar-refractivity contribution in [3.63, 3.8) is 0 Å². The van der Waals surface area contributed by atoms with Crippen molar-refractivity contribution in [3.05, 3.63) is 59.4 Å². The number of rotatable bonds is 3. The Bertz CT molecular complexity index is 1070. The lowest BCUT2D eigenvalue weighted by Crippen LogP contribution is -2.46. The Morgan fingerprint density at radius 2 is 2.03 bits per heavy atom. The van der Waals surface area contributed by atoms with Crippen LogP contribution in [0.4, 0.5) is 8.78 Å². The number of aryl methyl sites for hydroxylation is 1. The molecule has 1 aliphatic carbocycles. The molecule has 4 nitrogen and oxygen atoms in total. The van der Waals surface area contributed by atoms with Gasteiger partial charge in [0, 0.05) is 35.6 Å². The van der Waals surface area contributed by atoms with E-state index in [-0.39, 0.29) is 12.0 Å². The zero-order valence-electron chi connectivity index (χ0n) is 17.7. The second-order valence-electron chi connectivity index (χ2n) is 8.60. The number of ether oxygens (including phenoxy) is 1. The SMILES string of the molecule is Cc1cccc(-c2ccc(C=CC3C4C(C)OC(=O)C4CC(F)(F)C3C)nc2)c1C#N. The van der Waals surface area contributed by atoms with E-state index in [0.717, 1.165) is 16.7 Å². The number of cyclic esters (lactones) is 1. The normalized spacial score (nSPS) is 29.4. The minimum absolute atomic E-state index is 0.261. The Morgan fingerprint density at radius 3 is 2.71 bits per heavy atom. The number of benzene rings is 1. The van der Waals surface area contributed by atoms with Gasteiger partial charge in [0.05, 0.1) is 17.2 Å². The molecule has 0 radical (unpaired) electrons. The largest absolute Gasteiger partial charge is 0.462 e. The number of halogens is 2. The second kappa shape index (κ2) is 7.88. The third-order valence-corrected chi connectivity index (χ3v) is 6.76. The highest BCUT2D eigenvalue weighted by Gasteiger charge is 2.59. The van der Waals surface area contributed by atoms with Gasteiger partial charge in [-0.05, 0) is 37.5 Å². The fourth-order valence-corrected chi connectivity index (χ4v) is 4.95. The standard InChI is InChI=1S/C25H24F2N2O2/c1-14-5-4-6-20(22(14)12-28)17-7-8-18(29-13-17)9-10-19-15(2)25(26,27)11-21-23(19)16(3)31-24(21)30/h4-10,13,15-16,19,21,23H,11H2,1-3H3. The van der Waals surface area contributed by atoms with E-state index in [4.69, 9.17) is 4.74 Å². The van der Waals surface area contributed by atoms with Gasteiger partial charge >= 0.3 is 5.97 Å². The van der Waals surface area contributed by atoms with Crippen molar-refractivity contribution in [2.75, 3.05) is 0 Å². The molecule has 1 aromatic carbocycles. The van der Waals surface area contributed by atoms with Crippen molar-refractivity contribution in [3.8, 4) is 17.2 Å². The Balaban J connectivity index is 1.60. The number of nitrogens with zero attached hydrogens (tertiary/aromatic N) is 2. The first-order valence-electron chi connectivity index (χ1n) is 10.5. The average Bonchev–Trinajstić information content (AvgIpc) is 3.01. The van der Waals surface area contributed by atoms with Gasteiger partial charge in [-0.2, -0.15) is 5.26 Å². The molecule has 0 bridgehead atoms. The summed E-state index contributed by atoms with van der Waals surface area (Å²) in [6.45, 7) is 5.21. The highest BCUT2D eigenvalue weighted by Crippen LogP contribution is 2.52. The van der Waals surface area contributed by atoms with E-state index in [0.29, 0.717) is 11.3 Å². The minimum atomic E-state index is -2.92. The fourth-order valence-electron chi connectivity index (χ4n) is 4.95. The average molecular weight is 422 g/mol. The van der Waals surface area contributed by atoms with Gasteiger partial charge in [-0.25, -0.2) is 8.78 Å². The maximum atomic E-state index is 14.6. The van der Waals surface area contributed by atoms with E-state index in [1.54, 1.807) is 38.3 Å². The molecule has 2 heterocycles. The predicted octanol–water partition coefficient (Wildman–Crippen LogP) is 5.41. The molecule has 0 N–H and O–H groups in total. The molecule has 160 valence electrons. The number of aromatic nitrogens is 1. The maximum Gasteiger partial charge on any atom is 0.309 e. The zero-order valence-corrected chi connectivity index (χ0v) is 17.7. The quantitative estimate of drug-likeness (QED) is 0.621. The van der Waals surface area contributed by atoms with Gasteiger partial charge in [0.25, 0.3) is 5.92 Å². The zero-order chi connectivity index (χ0) is 22.3. The van der Waals surface area contributed by atoms with Crippen molar-refractivity contribution in [1.29, 1.82) is 5.26 Å². The van der Waals surface area contributed by atoms with Crippen molar-refractivity contribution in [1.82, 2.24) is 4.98 Å². The molecule has 0 amide bonds. The van der Waals surface area contributed by atoms with Crippen LogP contribution >= 0.6 is 0 Å². The number of carbonyl (C=O) groups excluding carboxylic acids is 1. The lowest BCUT2D eigenvalue weighted by molar-refractivity contribution is -0.152. The molecule has 1 aliphatic heterocycles. The third kappa shape index (κ3) is 3.74. The first-order chi connectivity index (χ1) is 14.7. The summed E-state index contributed by atoms with van der Waals surface area (Å²) in [6, 6.07) is 11.6. The number of nitriles is 1. The predicted molar refractivity (Wildman–Crippen MR) is 113 cm³/mol. The summed E-state index contributed by atoms with van der Waals surface area (Å²) in [5, 5.41) is 9.45. The Morgan fingerprint density at radius 1 is 1.26 bits per heavy atom. The van der Waals surface area contributed by atoms with Gasteiger partial charge in [-0.3, -0.25) is 9.78 Å². The van der Waals surface area contributed by atoms with Gasteiger partial charge < -0.3 is 4.74 Å². The highest BCUT2D eigenvalue weighted by molar-refractivity contribution is 5.76. The summed E-state index contributed by atoms with van der Waals surface area (Å²) in [5.41, 5.74) is 3.76. The second-order valence-corrected chi connectivity index (χ2v) is 8.60. The van der Waals surface area contributed by atoms with Crippen molar-refractivity contribution < 1.29 is 18.3 Å². The van der Waals surface area contributed by atoms with Gasteiger partial charge in [-0.15, -0.1) is 0 Å². The van der Waals surface area contributed by atoms with Gasteiger partial charge in [0.1, 0.15) is 12.2 Å². The molecule has 0 spiro atoms. The first-order valence-corrected chi connectivity index (χ1v) is 10.5. The molecule has 31 heavy (non-hydrogen) atoms. The molecule has 2 aromatic rings. The van der Waals surface area contributed by atoms with Gasteiger partial charge in [0.15, 0.2) is 0 Å². The van der Waals surface area contributed by atoms with Crippen LogP contribution in [0.25, 0.3) is 17.2 Å². The Labute approximate surface area is 180 Å². The topological polar surface area (TPSA) is 63.0 Å². The third-order valence-electron chi connectivity index (χ3n) is 6.76. The Kier molecular flexibility index (Phi) is 5.38. The summed E-state index contributed by atoms with van der Waals surface area (Å²) < 4.78 is 34.4. The summed E-state index contributed by atoms with van der Waals surface area (Å²) in [4.78, 5) is 16.5. The molecule has 4 rings (SSSR count). The summed E-state index contributed by atoms with van der Waals surface area (Å²) in [5.74, 6) is -5.85. The molecule has 1 saturated carbocycles. The molecule has 5 unspecified atom stereocenters. The van der Waals surface area contributed by atoms with E-state index in [1.807, 2.05) is 31.2 Å². The van der Waals surface area contributed by atoms with Crippen molar-refractivity contribution >= 4 is 12.0 Å². The molecular formula is C25H24F2N2O2. The number of fused-ring (bicyclic) bond motifs is 1. The number of alkyl halides is 2. The number of allylic oxidation sites excluding steroid dienone is 1. The van der Waals surface area contributed by atoms with Crippen LogP contribution < -0.4 is 0 Å². The van der Waals surface area contributed by atoms with Crippen LogP contribution in [0, 0.1) is 41.9 Å². The molecule has 5 atom stereocenters. The van der Waals surface area contributed by atoms with Crippen LogP contribution in [0.15, 0.2) is 42.6 Å². The van der Waals surface area contributed by atoms with Crippen LogP contribution in [-0.2, 0) is 9.53 Å². The molecule has 2 fully saturated rings. The number of hydrogen-bond donors (Lipinski definition) is 0. The Hall–Kier alpha value is -3.07. The molecular weight excluding hydrogens is 398 g/mol. The van der Waals surface area contributed by atoms with E-state index in [9.17, 15) is 18.8 Å². The van der Waals surface area contributed by atoms with Gasteiger partial charge in [-0.1, -0.05) is 37.3 Å². The molecule has 2 aliphatic rings. The van der Waals surface area contributed by atoms with E-state index >= 15 is 0 Å². The lowest BCUT2D eigenvalue weighted by Gasteiger charge is -2.41. The number of hydrogen-bond acceptors (Lipinski definition) is 4. The summed E-state index contributed by atoms with van der Waals surface area (Å²) >= 11 is 0. The number of carbonyl (C=O) groups is 1. The molecule has 1 saturated heterocycles. The molecule has 6 heteroatoms. The van der Waals surface area contributed by atoms with E-state index in [2.05, 4.69) is 11.1 Å². The minimum Gasteiger partial charge on any atom is -0.462 e. The number of pyridine rings is 1. The number of esters is 1. The summed E-state index contributed by atoms with van der Waals surface area (Å²) in [7, 11) is 0. The van der Waals surface area contributed by atoms with Crippen LogP contribution in [0.1, 0.15) is 37.1 Å². The highest BCUT2D eigenvalue weighted by atomic mass is 19.3.